The molecule has 1 aliphatic heterocycles. The minimum absolute atomic E-state index is 0.0868. The van der Waals surface area contributed by atoms with E-state index in [2.05, 4.69) is 48.7 Å². The van der Waals surface area contributed by atoms with Crippen LogP contribution < -0.4 is 10.5 Å². The first-order valence-corrected chi connectivity index (χ1v) is 14.0. The first-order valence-electron chi connectivity index (χ1n) is 13.2. The Kier molecular flexibility index (Phi) is 5.03. The fraction of sp³-hybridized carbons (Fsp3) is 0.433. The van der Waals surface area contributed by atoms with E-state index in [0.717, 1.165) is 47.7 Å². The van der Waals surface area contributed by atoms with Gasteiger partial charge in [0.05, 0.1) is 17.7 Å². The number of methoxy groups -OCH3 is 1. The van der Waals surface area contributed by atoms with Gasteiger partial charge in [-0.2, -0.15) is 0 Å². The Morgan fingerprint density at radius 1 is 1.11 bits per heavy atom. The molecule has 2 aromatic carbocycles. The summed E-state index contributed by atoms with van der Waals surface area (Å²) in [6.07, 6.45) is 4.79. The maximum Gasteiger partial charge on any atom is 0.254 e. The number of nitrogens with zero attached hydrogens (tertiary/aromatic N) is 2. The van der Waals surface area contributed by atoms with Crippen LogP contribution in [0.4, 0.5) is 0 Å². The van der Waals surface area contributed by atoms with Gasteiger partial charge in [-0.25, -0.2) is 0 Å². The molecule has 2 N–H and O–H groups in total. The third-order valence-corrected chi connectivity index (χ3v) is 10.1. The second-order valence-corrected chi connectivity index (χ2v) is 12.2. The van der Waals surface area contributed by atoms with Gasteiger partial charge in [0.2, 0.25) is 0 Å². The standard InChI is InChI=1S/C30H33N3O2S/c1-16-4-7-19-11-24(32(23(19)10-16)14-18-5-6-18)29-17(2)27-25(35-3)12-21(13-26(27)36-29)30(34)33-15-20-8-9-22(33)28(20)31/h4,7,10-13,18,20,22,28H,5-6,8-9,14-15,31H2,1-3H3/t20?,22?,28-/m1/s1. The van der Waals surface area contributed by atoms with E-state index in [0.29, 0.717) is 11.5 Å². The normalized spacial score (nSPS) is 23.3. The fourth-order valence-corrected chi connectivity index (χ4v) is 7.92. The summed E-state index contributed by atoms with van der Waals surface area (Å²) >= 11 is 1.78. The van der Waals surface area contributed by atoms with Crippen LogP contribution in [-0.2, 0) is 6.54 Å². The maximum absolute atomic E-state index is 13.6. The van der Waals surface area contributed by atoms with Crippen molar-refractivity contribution < 1.29 is 9.53 Å². The minimum atomic E-state index is 0.0868. The molecule has 2 bridgehead atoms. The zero-order valence-corrected chi connectivity index (χ0v) is 22.0. The number of amides is 1. The topological polar surface area (TPSA) is 60.5 Å². The average molecular weight is 500 g/mol. The summed E-state index contributed by atoms with van der Waals surface area (Å²) in [5.41, 5.74) is 12.2. The Labute approximate surface area is 215 Å². The lowest BCUT2D eigenvalue weighted by Gasteiger charge is -2.27. The van der Waals surface area contributed by atoms with Gasteiger partial charge in [0.25, 0.3) is 5.91 Å². The van der Waals surface area contributed by atoms with Crippen molar-refractivity contribution in [1.29, 1.82) is 0 Å². The van der Waals surface area contributed by atoms with Crippen molar-refractivity contribution in [1.82, 2.24) is 9.47 Å². The van der Waals surface area contributed by atoms with Gasteiger partial charge in [-0.1, -0.05) is 12.1 Å². The molecule has 1 amide bonds. The van der Waals surface area contributed by atoms with Crippen molar-refractivity contribution >= 4 is 38.2 Å². The summed E-state index contributed by atoms with van der Waals surface area (Å²) in [7, 11) is 1.71. The number of carbonyl (C=O) groups excluding carboxylic acids is 1. The number of aryl methyl sites for hydroxylation is 2. The largest absolute Gasteiger partial charge is 0.496 e. The van der Waals surface area contributed by atoms with Gasteiger partial charge in [0, 0.05) is 51.7 Å². The monoisotopic (exact) mass is 499 g/mol. The molecule has 36 heavy (non-hydrogen) atoms. The number of carbonyl (C=O) groups is 1. The van der Waals surface area contributed by atoms with Crippen LogP contribution in [0.1, 0.15) is 47.2 Å². The first-order chi connectivity index (χ1) is 17.4. The number of piperidine rings is 1. The van der Waals surface area contributed by atoms with Crippen molar-refractivity contribution in [2.24, 2.45) is 17.6 Å². The van der Waals surface area contributed by atoms with E-state index in [1.165, 1.54) is 45.4 Å². The van der Waals surface area contributed by atoms with Crippen LogP contribution in [0, 0.1) is 25.7 Å². The number of aromatic nitrogens is 1. The SMILES string of the molecule is COc1cc(C(=O)N2CC3CCC2[C@@H]3N)cc2sc(-c3cc4ccc(C)cc4n3CC3CC3)c(C)c12. The fourth-order valence-electron chi connectivity index (χ4n) is 6.62. The highest BCUT2D eigenvalue weighted by Crippen LogP contribution is 2.46. The summed E-state index contributed by atoms with van der Waals surface area (Å²) in [4.78, 5) is 16.9. The van der Waals surface area contributed by atoms with Gasteiger partial charge < -0.3 is 19.9 Å². The van der Waals surface area contributed by atoms with E-state index in [4.69, 9.17) is 10.5 Å². The van der Waals surface area contributed by atoms with Crippen LogP contribution in [0.3, 0.4) is 0 Å². The van der Waals surface area contributed by atoms with Gasteiger partial charge in [0.1, 0.15) is 5.75 Å². The zero-order valence-electron chi connectivity index (χ0n) is 21.2. The van der Waals surface area contributed by atoms with Gasteiger partial charge in [-0.3, -0.25) is 4.79 Å². The van der Waals surface area contributed by atoms with Crippen LogP contribution in [0.2, 0.25) is 0 Å². The number of hydrogen-bond acceptors (Lipinski definition) is 4. The summed E-state index contributed by atoms with van der Waals surface area (Å²) < 4.78 is 9.51. The highest BCUT2D eigenvalue weighted by Gasteiger charge is 2.47. The Bertz CT molecular complexity index is 1530. The molecule has 5 nitrogen and oxygen atoms in total. The van der Waals surface area contributed by atoms with Crippen LogP contribution in [-0.4, -0.2) is 41.1 Å². The second kappa shape index (κ2) is 8.09. The van der Waals surface area contributed by atoms with Crippen LogP contribution in [0.15, 0.2) is 36.4 Å². The highest BCUT2D eigenvalue weighted by atomic mass is 32.1. The molecule has 2 unspecified atom stereocenters. The number of hydrogen-bond donors (Lipinski definition) is 1. The molecule has 2 aliphatic carbocycles. The van der Waals surface area contributed by atoms with Crippen molar-refractivity contribution in [3.8, 4) is 16.3 Å². The Morgan fingerprint density at radius 2 is 1.94 bits per heavy atom. The molecule has 3 aliphatic rings. The number of fused-ring (bicyclic) bond motifs is 4. The van der Waals surface area contributed by atoms with Gasteiger partial charge in [-0.15, -0.1) is 11.3 Å². The van der Waals surface area contributed by atoms with E-state index in [1.807, 2.05) is 11.0 Å². The first kappa shape index (κ1) is 22.4. The third-order valence-electron chi connectivity index (χ3n) is 8.80. The molecule has 6 heteroatoms. The van der Waals surface area contributed by atoms with E-state index in [1.54, 1.807) is 18.4 Å². The number of ether oxygens (including phenoxy) is 1. The van der Waals surface area contributed by atoms with Crippen molar-refractivity contribution in [2.75, 3.05) is 13.7 Å². The molecule has 3 fully saturated rings. The third kappa shape index (κ3) is 3.34. The highest BCUT2D eigenvalue weighted by molar-refractivity contribution is 7.22. The maximum atomic E-state index is 13.6. The van der Waals surface area contributed by atoms with Crippen molar-refractivity contribution in [3.05, 3.63) is 53.1 Å². The molecule has 0 spiro atoms. The van der Waals surface area contributed by atoms with Gasteiger partial charge >= 0.3 is 0 Å². The van der Waals surface area contributed by atoms with Crippen LogP contribution in [0.25, 0.3) is 31.6 Å². The zero-order chi connectivity index (χ0) is 24.7. The smallest absolute Gasteiger partial charge is 0.254 e. The summed E-state index contributed by atoms with van der Waals surface area (Å²) in [6, 6.07) is 13.4. The predicted molar refractivity (Wildman–Crippen MR) is 147 cm³/mol. The van der Waals surface area contributed by atoms with Gasteiger partial charge in [0.15, 0.2) is 0 Å². The Balaban J connectivity index is 1.35. The summed E-state index contributed by atoms with van der Waals surface area (Å²) in [6.45, 7) is 6.21. The Hall–Kier alpha value is -2.83. The minimum Gasteiger partial charge on any atom is -0.496 e. The molecule has 1 saturated heterocycles. The van der Waals surface area contributed by atoms with E-state index in [9.17, 15) is 4.79 Å². The number of nitrogens with two attached hydrogens (primary N) is 1. The lowest BCUT2D eigenvalue weighted by molar-refractivity contribution is 0.0700. The molecule has 3 heterocycles. The summed E-state index contributed by atoms with van der Waals surface area (Å²) in [5, 5.41) is 2.41. The number of likely N-dealkylation sites (tertiary alicyclic amines) is 1. The molecule has 2 saturated carbocycles. The molecular formula is C30H33N3O2S. The number of benzene rings is 2. The van der Waals surface area contributed by atoms with E-state index in [-0.39, 0.29) is 18.0 Å². The lowest BCUT2D eigenvalue weighted by Crippen LogP contribution is -2.41. The summed E-state index contributed by atoms with van der Waals surface area (Å²) in [5.74, 6) is 2.08. The predicted octanol–water partition coefficient (Wildman–Crippen LogP) is 6.12. The molecule has 4 aromatic rings. The molecule has 2 aromatic heterocycles. The van der Waals surface area contributed by atoms with Crippen LogP contribution in [0.5, 0.6) is 5.75 Å². The van der Waals surface area contributed by atoms with Gasteiger partial charge in [-0.05, 0) is 86.8 Å². The lowest BCUT2D eigenvalue weighted by atomic mass is 10.0. The molecule has 7 rings (SSSR count). The number of thiophene rings is 1. The molecule has 186 valence electrons. The molecule has 0 radical (unpaired) electrons. The second-order valence-electron chi connectivity index (χ2n) is 11.2. The van der Waals surface area contributed by atoms with Crippen molar-refractivity contribution in [2.45, 2.75) is 58.2 Å². The molecular weight excluding hydrogens is 466 g/mol. The average Bonchev–Trinajstić information content (AvgIpc) is 3.29. The van der Waals surface area contributed by atoms with Crippen LogP contribution >= 0.6 is 11.3 Å². The Morgan fingerprint density at radius 3 is 2.64 bits per heavy atom. The van der Waals surface area contributed by atoms with E-state index >= 15 is 0 Å². The van der Waals surface area contributed by atoms with E-state index < -0.39 is 0 Å². The quantitative estimate of drug-likeness (QED) is 0.360. The number of rotatable bonds is 5. The van der Waals surface area contributed by atoms with Crippen molar-refractivity contribution in [3.63, 3.8) is 0 Å². The molecule has 3 atom stereocenters.